The van der Waals surface area contributed by atoms with Crippen molar-refractivity contribution in [3.8, 4) is 0 Å². The van der Waals surface area contributed by atoms with E-state index in [1.165, 1.54) is 0 Å². The van der Waals surface area contributed by atoms with Crippen molar-refractivity contribution in [2.24, 2.45) is 0 Å². The van der Waals surface area contributed by atoms with Gasteiger partial charge < -0.3 is 5.32 Å². The van der Waals surface area contributed by atoms with Gasteiger partial charge in [0.05, 0.1) is 6.54 Å². The van der Waals surface area contributed by atoms with Crippen LogP contribution < -0.4 is 5.32 Å². The Hall–Kier alpha value is -3.28. The number of anilines is 1. The molecular formula is C19H18N4O2. The summed E-state index contributed by atoms with van der Waals surface area (Å²) >= 11 is 0. The number of ketones is 1. The Kier molecular flexibility index (Phi) is 5.31. The highest BCUT2D eigenvalue weighted by Gasteiger charge is 2.10. The van der Waals surface area contributed by atoms with E-state index in [0.29, 0.717) is 17.9 Å². The maximum atomic E-state index is 12.0. The smallest absolute Gasteiger partial charge is 0.226 e. The van der Waals surface area contributed by atoms with Gasteiger partial charge in [-0.15, -0.1) is 0 Å². The van der Waals surface area contributed by atoms with Gasteiger partial charge in [-0.05, 0) is 11.6 Å². The molecule has 1 N–H and O–H groups in total. The van der Waals surface area contributed by atoms with Crippen LogP contribution in [0.2, 0.25) is 0 Å². The molecule has 1 aromatic carbocycles. The molecule has 0 bridgehead atoms. The van der Waals surface area contributed by atoms with Gasteiger partial charge in [0.15, 0.2) is 11.6 Å². The predicted molar refractivity (Wildman–Crippen MR) is 94.2 cm³/mol. The van der Waals surface area contributed by atoms with Gasteiger partial charge in [-0.3, -0.25) is 19.3 Å². The summed E-state index contributed by atoms with van der Waals surface area (Å²) in [6.07, 6.45) is 5.58. The third kappa shape index (κ3) is 4.84. The van der Waals surface area contributed by atoms with Crippen LogP contribution in [0.15, 0.2) is 67.1 Å². The average molecular weight is 334 g/mol. The lowest BCUT2D eigenvalue weighted by molar-refractivity contribution is -0.116. The molecule has 0 fully saturated rings. The third-order valence-electron chi connectivity index (χ3n) is 3.65. The zero-order valence-electron chi connectivity index (χ0n) is 13.6. The van der Waals surface area contributed by atoms with Gasteiger partial charge in [0.25, 0.3) is 0 Å². The van der Waals surface area contributed by atoms with Crippen LogP contribution in [0.5, 0.6) is 0 Å². The van der Waals surface area contributed by atoms with Crippen LogP contribution in [0.25, 0.3) is 0 Å². The Bertz CT molecular complexity index is 844. The number of pyridine rings is 1. The van der Waals surface area contributed by atoms with Crippen LogP contribution in [0.4, 0.5) is 5.82 Å². The second kappa shape index (κ2) is 8.01. The standard InChI is InChI=1S/C19H18N4O2/c24-17(16-6-2-1-3-7-16)8-9-19(25)21-18-10-12-23(22-18)14-15-5-4-11-20-13-15/h1-7,10-13H,8-9,14H2,(H,21,22,25). The van der Waals surface area contributed by atoms with Crippen molar-refractivity contribution in [3.63, 3.8) is 0 Å². The summed E-state index contributed by atoms with van der Waals surface area (Å²) in [5.41, 5.74) is 1.65. The molecule has 0 spiro atoms. The van der Waals surface area contributed by atoms with E-state index in [4.69, 9.17) is 0 Å². The lowest BCUT2D eigenvalue weighted by Gasteiger charge is -2.03. The van der Waals surface area contributed by atoms with E-state index in [1.807, 2.05) is 30.3 Å². The lowest BCUT2D eigenvalue weighted by Crippen LogP contribution is -2.14. The number of carbonyl (C=O) groups excluding carboxylic acids is 2. The van der Waals surface area contributed by atoms with Gasteiger partial charge in [0.2, 0.25) is 5.91 Å². The largest absolute Gasteiger partial charge is 0.309 e. The molecule has 0 saturated heterocycles. The summed E-state index contributed by atoms with van der Waals surface area (Å²) in [5, 5.41) is 7.02. The summed E-state index contributed by atoms with van der Waals surface area (Å²) < 4.78 is 1.72. The van der Waals surface area contributed by atoms with Crippen LogP contribution in [-0.4, -0.2) is 26.5 Å². The first-order chi connectivity index (χ1) is 12.2. The predicted octanol–water partition coefficient (Wildman–Crippen LogP) is 2.93. The molecule has 6 nitrogen and oxygen atoms in total. The second-order valence-electron chi connectivity index (χ2n) is 5.60. The van der Waals surface area contributed by atoms with Crippen molar-refractivity contribution in [2.75, 3.05) is 5.32 Å². The van der Waals surface area contributed by atoms with E-state index in [1.54, 1.807) is 41.5 Å². The van der Waals surface area contributed by atoms with Gasteiger partial charge in [0.1, 0.15) is 0 Å². The van der Waals surface area contributed by atoms with Gasteiger partial charge in [-0.2, -0.15) is 5.10 Å². The second-order valence-corrected chi connectivity index (χ2v) is 5.60. The van der Waals surface area contributed by atoms with Gasteiger partial charge >= 0.3 is 0 Å². The molecule has 25 heavy (non-hydrogen) atoms. The number of Topliss-reactive ketones (excluding diaryl/α,β-unsaturated/α-hetero) is 1. The molecule has 0 radical (unpaired) electrons. The Morgan fingerprint density at radius 2 is 1.84 bits per heavy atom. The van der Waals surface area contributed by atoms with E-state index >= 15 is 0 Å². The topological polar surface area (TPSA) is 76.9 Å². The number of nitrogens with zero attached hydrogens (tertiary/aromatic N) is 3. The molecule has 3 aromatic rings. The molecule has 1 amide bonds. The Labute approximate surface area is 145 Å². The molecular weight excluding hydrogens is 316 g/mol. The lowest BCUT2D eigenvalue weighted by atomic mass is 10.1. The number of carbonyl (C=O) groups is 2. The summed E-state index contributed by atoms with van der Waals surface area (Å²) in [6.45, 7) is 0.580. The Morgan fingerprint density at radius 3 is 2.60 bits per heavy atom. The minimum Gasteiger partial charge on any atom is -0.309 e. The summed E-state index contributed by atoms with van der Waals surface area (Å²) in [6, 6.07) is 14.5. The average Bonchev–Trinajstić information content (AvgIpc) is 3.08. The fourth-order valence-electron chi connectivity index (χ4n) is 2.40. The van der Waals surface area contributed by atoms with Gasteiger partial charge in [-0.1, -0.05) is 36.4 Å². The number of benzene rings is 1. The number of hydrogen-bond acceptors (Lipinski definition) is 4. The summed E-state index contributed by atoms with van der Waals surface area (Å²) in [7, 11) is 0. The van der Waals surface area contributed by atoms with E-state index in [9.17, 15) is 9.59 Å². The Morgan fingerprint density at radius 1 is 1.00 bits per heavy atom. The highest BCUT2D eigenvalue weighted by atomic mass is 16.2. The summed E-state index contributed by atoms with van der Waals surface area (Å²) in [4.78, 5) is 28.1. The van der Waals surface area contributed by atoms with Crippen LogP contribution >= 0.6 is 0 Å². The quantitative estimate of drug-likeness (QED) is 0.674. The third-order valence-corrected chi connectivity index (χ3v) is 3.65. The number of amides is 1. The molecule has 126 valence electrons. The molecule has 6 heteroatoms. The normalized spacial score (nSPS) is 10.4. The molecule has 0 aliphatic carbocycles. The molecule has 0 saturated carbocycles. The van der Waals surface area contributed by atoms with E-state index in [0.717, 1.165) is 5.56 Å². The molecule has 0 unspecified atom stereocenters. The van der Waals surface area contributed by atoms with Crippen molar-refractivity contribution in [3.05, 3.63) is 78.2 Å². The highest BCUT2D eigenvalue weighted by Crippen LogP contribution is 2.09. The fraction of sp³-hybridized carbons (Fsp3) is 0.158. The number of aromatic nitrogens is 3. The van der Waals surface area contributed by atoms with E-state index < -0.39 is 0 Å². The number of hydrogen-bond donors (Lipinski definition) is 1. The SMILES string of the molecule is O=C(CCC(=O)c1ccccc1)Nc1ccn(Cc2cccnc2)n1. The van der Waals surface area contributed by atoms with E-state index in [-0.39, 0.29) is 24.5 Å². The maximum Gasteiger partial charge on any atom is 0.226 e. The highest BCUT2D eigenvalue weighted by molar-refractivity contribution is 5.99. The van der Waals surface area contributed by atoms with Crippen molar-refractivity contribution in [1.82, 2.24) is 14.8 Å². The van der Waals surface area contributed by atoms with Crippen molar-refractivity contribution in [2.45, 2.75) is 19.4 Å². The van der Waals surface area contributed by atoms with Crippen LogP contribution in [0.1, 0.15) is 28.8 Å². The first kappa shape index (κ1) is 16.6. The van der Waals surface area contributed by atoms with Gasteiger partial charge in [-0.25, -0.2) is 0 Å². The molecule has 2 heterocycles. The van der Waals surface area contributed by atoms with E-state index in [2.05, 4.69) is 15.4 Å². The van der Waals surface area contributed by atoms with Crippen LogP contribution in [0.3, 0.4) is 0 Å². The number of nitrogens with one attached hydrogen (secondary N) is 1. The molecule has 3 rings (SSSR count). The molecule has 2 aromatic heterocycles. The molecule has 0 aliphatic heterocycles. The minimum absolute atomic E-state index is 0.0437. The monoisotopic (exact) mass is 334 g/mol. The van der Waals surface area contributed by atoms with Crippen LogP contribution in [0, 0.1) is 0 Å². The molecule has 0 aliphatic rings. The zero-order valence-corrected chi connectivity index (χ0v) is 13.6. The molecule has 0 atom stereocenters. The summed E-state index contributed by atoms with van der Waals surface area (Å²) in [5.74, 6) is 0.204. The van der Waals surface area contributed by atoms with Crippen molar-refractivity contribution in [1.29, 1.82) is 0 Å². The maximum absolute atomic E-state index is 12.0. The first-order valence-electron chi connectivity index (χ1n) is 8.01. The first-order valence-corrected chi connectivity index (χ1v) is 8.01. The number of rotatable bonds is 7. The fourth-order valence-corrected chi connectivity index (χ4v) is 2.40. The van der Waals surface area contributed by atoms with Gasteiger partial charge in [0, 0.05) is 43.1 Å². The zero-order chi connectivity index (χ0) is 17.5. The van der Waals surface area contributed by atoms with Crippen molar-refractivity contribution < 1.29 is 9.59 Å². The minimum atomic E-state index is -0.226. The van der Waals surface area contributed by atoms with Crippen LogP contribution in [-0.2, 0) is 11.3 Å². The Balaban J connectivity index is 1.49. The van der Waals surface area contributed by atoms with Crippen molar-refractivity contribution >= 4 is 17.5 Å².